The topological polar surface area (TPSA) is 99.3 Å². The quantitative estimate of drug-likeness (QED) is 0.642. The predicted octanol–water partition coefficient (Wildman–Crippen LogP) is 2.28. The molecule has 0 aromatic heterocycles. The van der Waals surface area contributed by atoms with Crippen LogP contribution in [0.15, 0.2) is 18.2 Å². The highest BCUT2D eigenvalue weighted by molar-refractivity contribution is 5.78. The number of nitrogens with zero attached hydrogens (tertiary/aromatic N) is 3. The van der Waals surface area contributed by atoms with Crippen molar-refractivity contribution < 1.29 is 9.72 Å². The summed E-state index contributed by atoms with van der Waals surface area (Å²) < 4.78 is 0. The molecule has 1 aliphatic rings. The van der Waals surface area contributed by atoms with Gasteiger partial charge in [0.25, 0.3) is 5.69 Å². The Morgan fingerprint density at radius 3 is 2.91 bits per heavy atom. The predicted molar refractivity (Wildman–Crippen MR) is 81.3 cm³/mol. The van der Waals surface area contributed by atoms with Gasteiger partial charge in [-0.2, -0.15) is 5.26 Å². The largest absolute Gasteiger partial charge is 0.382 e. The molecule has 0 aliphatic carbocycles. The fourth-order valence-corrected chi connectivity index (χ4v) is 2.52. The number of nitro benzene ring substituents is 1. The standard InChI is InChI=1S/C15H18N4O3/c1-11(6-8-18-7-2-3-15(18)20)17-13-4-5-14(19(21)22)12(9-13)10-16/h4-5,9,11,17H,2-3,6-8H2,1H3/t11-/m1/s1. The Morgan fingerprint density at radius 2 is 2.32 bits per heavy atom. The van der Waals surface area contributed by atoms with Crippen molar-refractivity contribution in [3.63, 3.8) is 0 Å². The van der Waals surface area contributed by atoms with Crippen LogP contribution >= 0.6 is 0 Å². The summed E-state index contributed by atoms with van der Waals surface area (Å²) in [6.45, 7) is 3.50. The van der Waals surface area contributed by atoms with Gasteiger partial charge in [-0.1, -0.05) is 0 Å². The zero-order valence-electron chi connectivity index (χ0n) is 12.4. The molecule has 0 radical (unpaired) electrons. The fraction of sp³-hybridized carbons (Fsp3) is 0.467. The number of likely N-dealkylation sites (tertiary alicyclic amines) is 1. The molecule has 1 aromatic rings. The van der Waals surface area contributed by atoms with Crippen molar-refractivity contribution in [1.29, 1.82) is 5.26 Å². The lowest BCUT2D eigenvalue weighted by Gasteiger charge is -2.20. The van der Waals surface area contributed by atoms with Crippen molar-refractivity contribution in [2.24, 2.45) is 0 Å². The second kappa shape index (κ2) is 6.89. The van der Waals surface area contributed by atoms with Crippen molar-refractivity contribution in [3.8, 4) is 6.07 Å². The lowest BCUT2D eigenvalue weighted by Crippen LogP contribution is -2.29. The lowest BCUT2D eigenvalue weighted by atomic mass is 10.1. The Hall–Kier alpha value is -2.62. The molecule has 116 valence electrons. The highest BCUT2D eigenvalue weighted by atomic mass is 16.6. The van der Waals surface area contributed by atoms with Gasteiger partial charge in [0.1, 0.15) is 11.6 Å². The van der Waals surface area contributed by atoms with E-state index in [1.54, 1.807) is 6.07 Å². The van der Waals surface area contributed by atoms with E-state index in [1.807, 2.05) is 17.9 Å². The van der Waals surface area contributed by atoms with Gasteiger partial charge in [0.2, 0.25) is 5.91 Å². The smallest absolute Gasteiger partial charge is 0.287 e. The molecule has 0 saturated carbocycles. The fourth-order valence-electron chi connectivity index (χ4n) is 2.52. The number of hydrogen-bond donors (Lipinski definition) is 1. The molecule has 0 spiro atoms. The van der Waals surface area contributed by atoms with Gasteiger partial charge in [-0.15, -0.1) is 0 Å². The van der Waals surface area contributed by atoms with Crippen LogP contribution in [0.2, 0.25) is 0 Å². The number of carbonyl (C=O) groups excluding carboxylic acids is 1. The molecule has 1 N–H and O–H groups in total. The summed E-state index contributed by atoms with van der Waals surface area (Å²) in [5.41, 5.74) is 0.516. The molecule has 1 amide bonds. The van der Waals surface area contributed by atoms with E-state index in [0.29, 0.717) is 18.7 Å². The van der Waals surface area contributed by atoms with Gasteiger partial charge in [-0.3, -0.25) is 14.9 Å². The third-order valence-electron chi connectivity index (χ3n) is 3.73. The lowest BCUT2D eigenvalue weighted by molar-refractivity contribution is -0.385. The van der Waals surface area contributed by atoms with E-state index in [4.69, 9.17) is 5.26 Å². The highest BCUT2D eigenvalue weighted by Gasteiger charge is 2.20. The first-order valence-electron chi connectivity index (χ1n) is 7.24. The van der Waals surface area contributed by atoms with Crippen molar-refractivity contribution in [3.05, 3.63) is 33.9 Å². The first kappa shape index (κ1) is 15.8. The first-order valence-corrected chi connectivity index (χ1v) is 7.24. The van der Waals surface area contributed by atoms with E-state index in [-0.39, 0.29) is 23.2 Å². The molecule has 2 rings (SSSR count). The normalized spacial score (nSPS) is 15.5. The Labute approximate surface area is 128 Å². The highest BCUT2D eigenvalue weighted by Crippen LogP contribution is 2.22. The van der Waals surface area contributed by atoms with Crippen molar-refractivity contribution in [1.82, 2.24) is 4.90 Å². The number of benzene rings is 1. The summed E-state index contributed by atoms with van der Waals surface area (Å²) in [5.74, 6) is 0.203. The molecule has 1 heterocycles. The Bertz CT molecular complexity index is 624. The van der Waals surface area contributed by atoms with Gasteiger partial charge in [0, 0.05) is 37.3 Å². The summed E-state index contributed by atoms with van der Waals surface area (Å²) in [4.78, 5) is 23.6. The molecule has 1 atom stereocenters. The van der Waals surface area contributed by atoms with Crippen LogP contribution in [0.25, 0.3) is 0 Å². The summed E-state index contributed by atoms with van der Waals surface area (Å²) in [5, 5.41) is 23.0. The van der Waals surface area contributed by atoms with E-state index in [1.165, 1.54) is 12.1 Å². The maximum atomic E-state index is 11.5. The molecule has 0 unspecified atom stereocenters. The van der Waals surface area contributed by atoms with Crippen LogP contribution in [0.4, 0.5) is 11.4 Å². The van der Waals surface area contributed by atoms with Gasteiger partial charge in [-0.25, -0.2) is 0 Å². The van der Waals surface area contributed by atoms with Crippen LogP contribution < -0.4 is 5.32 Å². The van der Waals surface area contributed by atoms with E-state index >= 15 is 0 Å². The third-order valence-corrected chi connectivity index (χ3v) is 3.73. The van der Waals surface area contributed by atoms with Gasteiger partial charge < -0.3 is 10.2 Å². The van der Waals surface area contributed by atoms with Crippen molar-refractivity contribution in [2.45, 2.75) is 32.2 Å². The SMILES string of the molecule is C[C@H](CCN1CCCC1=O)Nc1ccc([N+](=O)[O-])c(C#N)c1. The van der Waals surface area contributed by atoms with Crippen LogP contribution in [0.3, 0.4) is 0 Å². The van der Waals surface area contributed by atoms with Crippen LogP contribution in [0.5, 0.6) is 0 Å². The van der Waals surface area contributed by atoms with E-state index in [2.05, 4.69) is 5.32 Å². The minimum Gasteiger partial charge on any atom is -0.382 e. The summed E-state index contributed by atoms with van der Waals surface area (Å²) >= 11 is 0. The van der Waals surface area contributed by atoms with Crippen LogP contribution in [0.1, 0.15) is 31.7 Å². The maximum Gasteiger partial charge on any atom is 0.287 e. The average molecular weight is 302 g/mol. The van der Waals surface area contributed by atoms with Crippen LogP contribution in [-0.2, 0) is 4.79 Å². The zero-order valence-corrected chi connectivity index (χ0v) is 12.4. The van der Waals surface area contributed by atoms with Crippen LogP contribution in [0, 0.1) is 21.4 Å². The molecule has 22 heavy (non-hydrogen) atoms. The molecule has 7 nitrogen and oxygen atoms in total. The molecule has 1 fully saturated rings. The zero-order chi connectivity index (χ0) is 16.1. The first-order chi connectivity index (χ1) is 10.5. The molecular weight excluding hydrogens is 284 g/mol. The second-order valence-corrected chi connectivity index (χ2v) is 5.42. The number of rotatable bonds is 6. The maximum absolute atomic E-state index is 11.5. The number of carbonyl (C=O) groups is 1. The van der Waals surface area contributed by atoms with E-state index in [9.17, 15) is 14.9 Å². The van der Waals surface area contributed by atoms with E-state index in [0.717, 1.165) is 19.4 Å². The minimum absolute atomic E-state index is 0.0388. The van der Waals surface area contributed by atoms with Crippen LogP contribution in [-0.4, -0.2) is 34.9 Å². The Balaban J connectivity index is 1.94. The number of nitro groups is 1. The molecule has 1 aromatic carbocycles. The summed E-state index contributed by atoms with van der Waals surface area (Å²) in [6, 6.07) is 6.34. The molecular formula is C15H18N4O3. The molecule has 1 aliphatic heterocycles. The number of nitrogens with one attached hydrogen (secondary N) is 1. The van der Waals surface area contributed by atoms with Gasteiger partial charge in [0.15, 0.2) is 0 Å². The Kier molecular flexibility index (Phi) is 4.94. The van der Waals surface area contributed by atoms with Gasteiger partial charge in [-0.05, 0) is 31.9 Å². The van der Waals surface area contributed by atoms with Crippen molar-refractivity contribution in [2.75, 3.05) is 18.4 Å². The van der Waals surface area contributed by atoms with Gasteiger partial charge in [0.05, 0.1) is 4.92 Å². The summed E-state index contributed by atoms with van der Waals surface area (Å²) in [6.07, 6.45) is 2.34. The summed E-state index contributed by atoms with van der Waals surface area (Å²) in [7, 11) is 0. The van der Waals surface area contributed by atoms with E-state index < -0.39 is 4.92 Å². The third kappa shape index (κ3) is 3.73. The molecule has 1 saturated heterocycles. The molecule has 0 bridgehead atoms. The van der Waals surface area contributed by atoms with Crippen molar-refractivity contribution >= 4 is 17.3 Å². The Morgan fingerprint density at radius 1 is 1.55 bits per heavy atom. The number of anilines is 1. The number of amides is 1. The number of nitriles is 1. The molecule has 7 heteroatoms. The monoisotopic (exact) mass is 302 g/mol. The number of hydrogen-bond acceptors (Lipinski definition) is 5. The average Bonchev–Trinajstić information content (AvgIpc) is 2.90. The second-order valence-electron chi connectivity index (χ2n) is 5.42. The van der Waals surface area contributed by atoms with Gasteiger partial charge >= 0.3 is 0 Å². The minimum atomic E-state index is -0.565.